The van der Waals surface area contributed by atoms with Gasteiger partial charge in [-0.15, -0.1) is 11.8 Å². The van der Waals surface area contributed by atoms with Crippen LogP contribution in [-0.2, 0) is 14.6 Å². The van der Waals surface area contributed by atoms with Crippen molar-refractivity contribution in [2.75, 3.05) is 22.6 Å². The van der Waals surface area contributed by atoms with Crippen LogP contribution in [0, 0.1) is 0 Å². The second kappa shape index (κ2) is 5.94. The third-order valence-electron chi connectivity index (χ3n) is 3.18. The lowest BCUT2D eigenvalue weighted by Crippen LogP contribution is -2.17. The molecule has 8 heteroatoms. The maximum Gasteiger partial charge on any atom is 0.236 e. The lowest BCUT2D eigenvalue weighted by atomic mass is 10.3. The number of carbonyl (C=O) groups excluding carboxylic acids is 1. The van der Waals surface area contributed by atoms with Crippen LogP contribution in [0.2, 0.25) is 0 Å². The van der Waals surface area contributed by atoms with Gasteiger partial charge in [-0.3, -0.25) is 4.79 Å². The average Bonchev–Trinajstić information content (AvgIpc) is 2.98. The maximum absolute atomic E-state index is 11.9. The van der Waals surface area contributed by atoms with Crippen LogP contribution in [0.5, 0.6) is 0 Å². The zero-order valence-electron chi connectivity index (χ0n) is 11.1. The van der Waals surface area contributed by atoms with Crippen molar-refractivity contribution in [2.45, 2.75) is 11.7 Å². The molecule has 112 valence electrons. The summed E-state index contributed by atoms with van der Waals surface area (Å²) in [5.41, 5.74) is 0.868. The van der Waals surface area contributed by atoms with Gasteiger partial charge in [0.05, 0.1) is 27.5 Å². The van der Waals surface area contributed by atoms with Crippen molar-refractivity contribution in [1.82, 2.24) is 4.98 Å². The summed E-state index contributed by atoms with van der Waals surface area (Å²) in [6.07, 6.45) is 0.640. The molecule has 1 aromatic heterocycles. The molecular formula is C13H14N2O3S3. The fraction of sp³-hybridized carbons (Fsp3) is 0.385. The normalized spacial score (nSPS) is 20.7. The molecule has 2 aromatic rings. The van der Waals surface area contributed by atoms with Gasteiger partial charge in [-0.05, 0) is 18.6 Å². The zero-order valence-corrected chi connectivity index (χ0v) is 13.6. The van der Waals surface area contributed by atoms with E-state index in [0.29, 0.717) is 11.6 Å². The number of fused-ring (bicyclic) bond motifs is 1. The first kappa shape index (κ1) is 14.8. The van der Waals surface area contributed by atoms with Crippen molar-refractivity contribution in [3.05, 3.63) is 24.3 Å². The molecule has 5 nitrogen and oxygen atoms in total. The predicted molar refractivity (Wildman–Crippen MR) is 87.8 cm³/mol. The number of hydrogen-bond acceptors (Lipinski definition) is 6. The lowest BCUT2D eigenvalue weighted by molar-refractivity contribution is -0.113. The number of carbonyl (C=O) groups is 1. The molecular weight excluding hydrogens is 328 g/mol. The molecule has 1 N–H and O–H groups in total. The molecule has 0 unspecified atom stereocenters. The van der Waals surface area contributed by atoms with E-state index >= 15 is 0 Å². The topological polar surface area (TPSA) is 76.1 Å². The molecule has 0 aliphatic carbocycles. The van der Waals surface area contributed by atoms with Crippen LogP contribution in [0.1, 0.15) is 6.42 Å². The summed E-state index contributed by atoms with van der Waals surface area (Å²) in [5, 5.41) is 3.40. The van der Waals surface area contributed by atoms with Gasteiger partial charge in [0, 0.05) is 5.25 Å². The summed E-state index contributed by atoms with van der Waals surface area (Å²) in [6, 6.07) is 7.70. The standard InChI is InChI=1S/C13H14N2O3S3/c16-12(7-19-9-5-6-21(17,18)8-9)15-13-14-10-3-1-2-4-11(10)20-13/h1-4,9H,5-8H2,(H,14,15,16)/t9-/m1/s1. The minimum absolute atomic E-state index is 0.0381. The minimum atomic E-state index is -2.88. The van der Waals surface area contributed by atoms with Gasteiger partial charge in [-0.2, -0.15) is 0 Å². The summed E-state index contributed by atoms with van der Waals surface area (Å²) < 4.78 is 23.7. The van der Waals surface area contributed by atoms with E-state index in [1.807, 2.05) is 24.3 Å². The smallest absolute Gasteiger partial charge is 0.236 e. The third-order valence-corrected chi connectivity index (χ3v) is 7.41. The Morgan fingerprint density at radius 2 is 2.24 bits per heavy atom. The van der Waals surface area contributed by atoms with E-state index in [9.17, 15) is 13.2 Å². The average molecular weight is 342 g/mol. The second-order valence-corrected chi connectivity index (χ2v) is 9.42. The van der Waals surface area contributed by atoms with Crippen LogP contribution in [0.15, 0.2) is 24.3 Å². The van der Waals surface area contributed by atoms with Gasteiger partial charge in [0.15, 0.2) is 15.0 Å². The number of sulfone groups is 1. The number of nitrogens with one attached hydrogen (secondary N) is 1. The summed E-state index contributed by atoms with van der Waals surface area (Å²) in [4.78, 5) is 16.2. The van der Waals surface area contributed by atoms with Gasteiger partial charge >= 0.3 is 0 Å². The zero-order chi connectivity index (χ0) is 14.9. The molecule has 0 bridgehead atoms. The Morgan fingerprint density at radius 1 is 1.43 bits per heavy atom. The van der Waals surface area contributed by atoms with Crippen LogP contribution in [0.25, 0.3) is 10.2 Å². The highest BCUT2D eigenvalue weighted by Gasteiger charge is 2.28. The van der Waals surface area contributed by atoms with Crippen molar-refractivity contribution < 1.29 is 13.2 Å². The number of benzene rings is 1. The number of thioether (sulfide) groups is 1. The van der Waals surface area contributed by atoms with Gasteiger partial charge in [0.25, 0.3) is 0 Å². The van der Waals surface area contributed by atoms with Gasteiger partial charge in [0.1, 0.15) is 0 Å². The van der Waals surface area contributed by atoms with Crippen LogP contribution in [0.4, 0.5) is 5.13 Å². The summed E-state index contributed by atoms with van der Waals surface area (Å²) in [7, 11) is -2.88. The maximum atomic E-state index is 11.9. The Morgan fingerprint density at radius 3 is 2.95 bits per heavy atom. The molecule has 0 saturated carbocycles. The highest BCUT2D eigenvalue weighted by atomic mass is 32.2. The molecule has 0 spiro atoms. The monoisotopic (exact) mass is 342 g/mol. The number of rotatable bonds is 4. The molecule has 1 atom stereocenters. The van der Waals surface area contributed by atoms with Gasteiger partial charge < -0.3 is 5.32 Å². The Kier molecular flexibility index (Phi) is 4.19. The van der Waals surface area contributed by atoms with Gasteiger partial charge in [-0.1, -0.05) is 23.5 Å². The largest absolute Gasteiger partial charge is 0.301 e. The number of hydrogen-bond donors (Lipinski definition) is 1. The van der Waals surface area contributed by atoms with Crippen molar-refractivity contribution in [2.24, 2.45) is 0 Å². The summed E-state index contributed by atoms with van der Waals surface area (Å²) in [6.45, 7) is 0. The summed E-state index contributed by atoms with van der Waals surface area (Å²) >= 11 is 2.84. The SMILES string of the molecule is O=C(CS[C@@H]1CCS(=O)(=O)C1)Nc1nc2ccccc2s1. The number of aromatic nitrogens is 1. The first-order valence-electron chi connectivity index (χ1n) is 6.49. The third kappa shape index (κ3) is 3.75. The van der Waals surface area contributed by atoms with Crippen molar-refractivity contribution in [3.63, 3.8) is 0 Å². The predicted octanol–water partition coefficient (Wildman–Crippen LogP) is 2.16. The number of para-hydroxylation sites is 1. The van der Waals surface area contributed by atoms with E-state index in [-0.39, 0.29) is 28.4 Å². The molecule has 1 aliphatic rings. The molecule has 0 radical (unpaired) electrons. The lowest BCUT2D eigenvalue weighted by Gasteiger charge is -2.06. The molecule has 1 aliphatic heterocycles. The highest BCUT2D eigenvalue weighted by molar-refractivity contribution is 8.02. The van der Waals surface area contributed by atoms with Crippen molar-refractivity contribution >= 4 is 54.2 Å². The highest BCUT2D eigenvalue weighted by Crippen LogP contribution is 2.27. The van der Waals surface area contributed by atoms with E-state index in [1.165, 1.54) is 23.1 Å². The second-order valence-electron chi connectivity index (χ2n) is 4.87. The number of anilines is 1. The Hall–Kier alpha value is -1.12. The van der Waals surface area contributed by atoms with Crippen LogP contribution in [-0.4, -0.2) is 41.8 Å². The fourth-order valence-corrected chi connectivity index (χ4v) is 6.49. The number of amides is 1. The molecule has 1 aromatic carbocycles. The number of thiazole rings is 1. The molecule has 21 heavy (non-hydrogen) atoms. The summed E-state index contributed by atoms with van der Waals surface area (Å²) in [5.74, 6) is 0.551. The number of nitrogens with zero attached hydrogens (tertiary/aromatic N) is 1. The quantitative estimate of drug-likeness (QED) is 0.921. The van der Waals surface area contributed by atoms with Gasteiger partial charge in [-0.25, -0.2) is 13.4 Å². The van der Waals surface area contributed by atoms with E-state index in [0.717, 1.165) is 10.2 Å². The molecule has 1 saturated heterocycles. The Balaban J connectivity index is 1.54. The van der Waals surface area contributed by atoms with Crippen molar-refractivity contribution in [1.29, 1.82) is 0 Å². The van der Waals surface area contributed by atoms with Gasteiger partial charge in [0.2, 0.25) is 5.91 Å². The molecule has 2 heterocycles. The van der Waals surface area contributed by atoms with E-state index in [2.05, 4.69) is 10.3 Å². The molecule has 3 rings (SSSR count). The molecule has 1 amide bonds. The van der Waals surface area contributed by atoms with Crippen LogP contribution >= 0.6 is 23.1 Å². The Bertz CT molecular complexity index is 737. The van der Waals surface area contributed by atoms with Crippen LogP contribution < -0.4 is 5.32 Å². The minimum Gasteiger partial charge on any atom is -0.301 e. The molecule has 1 fully saturated rings. The van der Waals surface area contributed by atoms with Crippen LogP contribution in [0.3, 0.4) is 0 Å². The first-order chi connectivity index (χ1) is 10.0. The van der Waals surface area contributed by atoms with E-state index in [4.69, 9.17) is 0 Å². The van der Waals surface area contributed by atoms with E-state index < -0.39 is 9.84 Å². The fourth-order valence-electron chi connectivity index (χ4n) is 2.17. The first-order valence-corrected chi connectivity index (χ1v) is 10.2. The van der Waals surface area contributed by atoms with E-state index in [1.54, 1.807) is 0 Å². The Labute approximate surface area is 131 Å². The van der Waals surface area contributed by atoms with Crippen molar-refractivity contribution in [3.8, 4) is 0 Å².